The predicted molar refractivity (Wildman–Crippen MR) is 88.3 cm³/mol. The van der Waals surface area contributed by atoms with Crippen molar-refractivity contribution in [3.63, 3.8) is 0 Å². The Morgan fingerprint density at radius 2 is 1.52 bits per heavy atom. The summed E-state index contributed by atoms with van der Waals surface area (Å²) in [7, 11) is 0. The van der Waals surface area contributed by atoms with Gasteiger partial charge in [0.1, 0.15) is 5.82 Å². The van der Waals surface area contributed by atoms with Crippen LogP contribution in [0.1, 0.15) is 11.4 Å². The molecule has 0 saturated carbocycles. The molecule has 2 aromatic carbocycles. The van der Waals surface area contributed by atoms with E-state index in [-0.39, 0.29) is 0 Å². The molecule has 0 aliphatic carbocycles. The van der Waals surface area contributed by atoms with Crippen molar-refractivity contribution < 1.29 is 0 Å². The predicted octanol–water partition coefficient (Wildman–Crippen LogP) is 5.63. The Kier molecular flexibility index (Phi) is 4.20. The summed E-state index contributed by atoms with van der Waals surface area (Å²) in [6.45, 7) is 0. The maximum Gasteiger partial charge on any atom is 0.110 e. The second kappa shape index (κ2) is 6.10. The highest BCUT2D eigenvalue weighted by atomic mass is 35.5. The van der Waals surface area contributed by atoms with Gasteiger partial charge < -0.3 is 4.98 Å². The second-order valence-electron chi connectivity index (χ2n) is 4.61. The highest BCUT2D eigenvalue weighted by Gasteiger charge is 2.12. The van der Waals surface area contributed by atoms with Gasteiger partial charge in [-0.05, 0) is 23.8 Å². The number of hydrogen-bond donors (Lipinski definition) is 1. The molecule has 106 valence electrons. The number of imidazole rings is 1. The minimum atomic E-state index is 0.593. The van der Waals surface area contributed by atoms with E-state index in [1.807, 2.05) is 30.3 Å². The smallest absolute Gasteiger partial charge is 0.110 e. The van der Waals surface area contributed by atoms with E-state index in [1.165, 1.54) is 0 Å². The van der Waals surface area contributed by atoms with Gasteiger partial charge >= 0.3 is 0 Å². The van der Waals surface area contributed by atoms with E-state index >= 15 is 0 Å². The monoisotopic (exact) mass is 336 g/mol. The Bertz CT molecular complexity index is 760. The first-order chi connectivity index (χ1) is 10.1. The molecule has 0 amide bonds. The number of nitrogens with one attached hydrogen (secondary N) is 1. The fraction of sp³-hybridized carbons (Fsp3) is 0.0625. The Hall–Kier alpha value is -1.48. The molecule has 1 N–H and O–H groups in total. The van der Waals surface area contributed by atoms with Crippen molar-refractivity contribution in [1.29, 1.82) is 0 Å². The van der Waals surface area contributed by atoms with Crippen molar-refractivity contribution in [2.45, 2.75) is 6.42 Å². The zero-order valence-electron chi connectivity index (χ0n) is 10.9. The molecular weight excluding hydrogens is 327 g/mol. The number of aromatic amines is 1. The first-order valence-corrected chi connectivity index (χ1v) is 7.50. The summed E-state index contributed by atoms with van der Waals surface area (Å²) in [6.07, 6.45) is 2.36. The van der Waals surface area contributed by atoms with Crippen molar-refractivity contribution in [2.24, 2.45) is 0 Å². The number of hydrogen-bond acceptors (Lipinski definition) is 1. The third-order valence-corrected chi connectivity index (χ3v) is 4.17. The van der Waals surface area contributed by atoms with Gasteiger partial charge in [0.05, 0.1) is 21.9 Å². The first kappa shape index (κ1) is 14.5. The van der Waals surface area contributed by atoms with Crippen LogP contribution in [-0.2, 0) is 6.42 Å². The molecule has 21 heavy (non-hydrogen) atoms. The molecule has 0 saturated heterocycles. The van der Waals surface area contributed by atoms with Crippen LogP contribution in [0.3, 0.4) is 0 Å². The molecule has 1 heterocycles. The lowest BCUT2D eigenvalue weighted by Gasteiger charge is -2.04. The summed E-state index contributed by atoms with van der Waals surface area (Å²) in [5.74, 6) is 0.814. The molecule has 0 aliphatic heterocycles. The van der Waals surface area contributed by atoms with E-state index in [1.54, 1.807) is 18.3 Å². The van der Waals surface area contributed by atoms with Crippen LogP contribution in [0.5, 0.6) is 0 Å². The molecule has 0 fully saturated rings. The molecule has 0 atom stereocenters. The lowest BCUT2D eigenvalue weighted by Crippen LogP contribution is -1.91. The average Bonchev–Trinajstić information content (AvgIpc) is 2.89. The van der Waals surface area contributed by atoms with Crippen molar-refractivity contribution in [3.05, 3.63) is 75.1 Å². The van der Waals surface area contributed by atoms with Crippen molar-refractivity contribution >= 4 is 34.8 Å². The van der Waals surface area contributed by atoms with Crippen LogP contribution in [0.2, 0.25) is 15.1 Å². The highest BCUT2D eigenvalue weighted by Crippen LogP contribution is 2.33. The van der Waals surface area contributed by atoms with E-state index in [2.05, 4.69) is 9.97 Å². The van der Waals surface area contributed by atoms with Crippen molar-refractivity contribution in [3.8, 4) is 11.3 Å². The minimum absolute atomic E-state index is 0.593. The highest BCUT2D eigenvalue weighted by molar-refractivity contribution is 6.39. The van der Waals surface area contributed by atoms with Gasteiger partial charge in [0.15, 0.2) is 0 Å². The number of benzene rings is 2. The Morgan fingerprint density at radius 3 is 2.24 bits per heavy atom. The Balaban J connectivity index is 1.92. The minimum Gasteiger partial charge on any atom is -0.342 e. The summed E-state index contributed by atoms with van der Waals surface area (Å²) in [5, 5.41) is 1.91. The molecule has 3 rings (SSSR count). The lowest BCUT2D eigenvalue weighted by atomic mass is 10.1. The summed E-state index contributed by atoms with van der Waals surface area (Å²) in [4.78, 5) is 7.63. The van der Waals surface area contributed by atoms with Crippen LogP contribution in [0.4, 0.5) is 0 Å². The van der Waals surface area contributed by atoms with Crippen molar-refractivity contribution in [2.75, 3.05) is 0 Å². The van der Waals surface area contributed by atoms with Crippen LogP contribution in [0.15, 0.2) is 48.7 Å². The second-order valence-corrected chi connectivity index (χ2v) is 5.83. The molecule has 3 aromatic rings. The van der Waals surface area contributed by atoms with Crippen LogP contribution < -0.4 is 0 Å². The van der Waals surface area contributed by atoms with Gasteiger partial charge in [-0.15, -0.1) is 0 Å². The molecule has 5 heteroatoms. The van der Waals surface area contributed by atoms with E-state index < -0.39 is 0 Å². The van der Waals surface area contributed by atoms with E-state index in [0.717, 1.165) is 27.7 Å². The average molecular weight is 338 g/mol. The number of nitrogens with zero attached hydrogens (tertiary/aromatic N) is 1. The van der Waals surface area contributed by atoms with Gasteiger partial charge in [-0.25, -0.2) is 4.98 Å². The SMILES string of the molecule is Clc1ccccc1Cc1ncc(-c2c(Cl)cccc2Cl)[nH]1. The third kappa shape index (κ3) is 3.08. The van der Waals surface area contributed by atoms with Crippen LogP contribution in [0.25, 0.3) is 11.3 Å². The quantitative estimate of drug-likeness (QED) is 0.659. The molecule has 0 bridgehead atoms. The van der Waals surface area contributed by atoms with Gasteiger partial charge in [0.25, 0.3) is 0 Å². The maximum absolute atomic E-state index is 6.21. The van der Waals surface area contributed by atoms with Crippen LogP contribution in [0, 0.1) is 0 Å². The molecule has 0 radical (unpaired) electrons. The lowest BCUT2D eigenvalue weighted by molar-refractivity contribution is 1.03. The fourth-order valence-corrected chi connectivity index (χ4v) is 2.96. The van der Waals surface area contributed by atoms with E-state index in [9.17, 15) is 0 Å². The standard InChI is InChI=1S/C16H11Cl3N2/c17-11-5-2-1-4-10(11)8-15-20-9-14(21-15)16-12(18)6-3-7-13(16)19/h1-7,9H,8H2,(H,20,21). The van der Waals surface area contributed by atoms with Crippen molar-refractivity contribution in [1.82, 2.24) is 9.97 Å². The molecule has 0 aliphatic rings. The van der Waals surface area contributed by atoms with Gasteiger partial charge in [0.2, 0.25) is 0 Å². The normalized spacial score (nSPS) is 10.8. The van der Waals surface area contributed by atoms with Gasteiger partial charge in [0, 0.05) is 17.0 Å². The maximum atomic E-state index is 6.21. The van der Waals surface area contributed by atoms with Gasteiger partial charge in [-0.3, -0.25) is 0 Å². The fourth-order valence-electron chi connectivity index (χ4n) is 2.16. The molecule has 1 aromatic heterocycles. The zero-order valence-corrected chi connectivity index (χ0v) is 13.2. The van der Waals surface area contributed by atoms with E-state index in [4.69, 9.17) is 34.8 Å². The molecule has 0 unspecified atom stereocenters. The summed E-state index contributed by atoms with van der Waals surface area (Å²) in [6, 6.07) is 13.1. The van der Waals surface area contributed by atoms with Gasteiger partial charge in [-0.1, -0.05) is 59.1 Å². The Morgan fingerprint density at radius 1 is 0.857 bits per heavy atom. The number of rotatable bonds is 3. The molecular formula is C16H11Cl3N2. The number of halogens is 3. The van der Waals surface area contributed by atoms with Crippen LogP contribution >= 0.6 is 34.8 Å². The topological polar surface area (TPSA) is 28.7 Å². The number of H-pyrrole nitrogens is 1. The largest absolute Gasteiger partial charge is 0.342 e. The number of aromatic nitrogens is 2. The Labute approximate surface area is 137 Å². The zero-order chi connectivity index (χ0) is 14.8. The summed E-state index contributed by atoms with van der Waals surface area (Å²) >= 11 is 18.6. The molecule has 2 nitrogen and oxygen atoms in total. The van der Waals surface area contributed by atoms with Crippen LogP contribution in [-0.4, -0.2) is 9.97 Å². The molecule has 0 spiro atoms. The van der Waals surface area contributed by atoms with Gasteiger partial charge in [-0.2, -0.15) is 0 Å². The summed E-state index contributed by atoms with van der Waals surface area (Å²) < 4.78 is 0. The third-order valence-electron chi connectivity index (χ3n) is 3.18. The summed E-state index contributed by atoms with van der Waals surface area (Å²) in [5.41, 5.74) is 2.58. The van der Waals surface area contributed by atoms with E-state index in [0.29, 0.717) is 16.5 Å². The first-order valence-electron chi connectivity index (χ1n) is 6.37.